The highest BCUT2D eigenvalue weighted by Gasteiger charge is 2.36. The van der Waals surface area contributed by atoms with Gasteiger partial charge in [-0.1, -0.05) is 22.2 Å². The van der Waals surface area contributed by atoms with Crippen LogP contribution in [-0.2, 0) is 4.57 Å². The van der Waals surface area contributed by atoms with Crippen LogP contribution in [-0.4, -0.2) is 10.9 Å². The normalized spacial score (nSPS) is 11.7. The van der Waals surface area contributed by atoms with Crippen LogP contribution in [0.1, 0.15) is 21.6 Å². The largest absolute Gasteiger partial charge is 0.418 e. The number of allylic oxidation sites excluding steroid dienone is 1. The number of carbonyl (C=O) groups excluding carboxylic acids is 1. The monoisotopic (exact) mass is 400 g/mol. The van der Waals surface area contributed by atoms with Crippen LogP contribution < -0.4 is 16.3 Å². The molecule has 3 aromatic rings. The van der Waals surface area contributed by atoms with Crippen molar-refractivity contribution in [1.82, 2.24) is 4.98 Å². The molecule has 0 aliphatic rings. The van der Waals surface area contributed by atoms with Crippen LogP contribution in [0.15, 0.2) is 36.4 Å². The number of nitrogens with zero attached hydrogens (tertiary/aromatic N) is 1. The standard InChI is InChI=1S/C19H12ClFN3O2P/c1-10-7-11(3-2-6-22)9-12(8-10)27(26)18-15-14(24-17(18)19(23)25)5-4-13(20)16(15)21/h2-5,7-9H,1H3,(H2-,23,24,25,26)/p+1/b3-2+. The average Bonchev–Trinajstić information content (AvgIpc) is 3.02. The van der Waals surface area contributed by atoms with Crippen LogP contribution in [0.3, 0.4) is 0 Å². The number of primary amides is 1. The molecular weight excluding hydrogens is 388 g/mol. The smallest absolute Gasteiger partial charge is 0.364 e. The molecule has 3 rings (SSSR count). The van der Waals surface area contributed by atoms with Crippen molar-refractivity contribution in [2.75, 3.05) is 0 Å². The molecule has 1 amide bonds. The number of carbonyl (C=O) groups is 1. The highest BCUT2D eigenvalue weighted by molar-refractivity contribution is 7.62. The van der Waals surface area contributed by atoms with Crippen molar-refractivity contribution >= 4 is 52.9 Å². The molecule has 0 aliphatic heterocycles. The van der Waals surface area contributed by atoms with Crippen molar-refractivity contribution in [2.24, 2.45) is 5.73 Å². The summed E-state index contributed by atoms with van der Waals surface area (Å²) in [7, 11) is -2.36. The van der Waals surface area contributed by atoms with E-state index >= 15 is 0 Å². The molecule has 8 heteroatoms. The SMILES string of the molecule is Cc1cc(/C=C/C#N)cc([P+](=O)c2c(C(N)=O)[nH]c3ccc(Cl)c(F)c23)c1. The maximum Gasteiger partial charge on any atom is 0.418 e. The molecular formula is C19H13ClFN3O2P+. The van der Waals surface area contributed by atoms with Crippen LogP contribution >= 0.6 is 19.4 Å². The van der Waals surface area contributed by atoms with Crippen LogP contribution in [0.25, 0.3) is 17.0 Å². The van der Waals surface area contributed by atoms with Crippen molar-refractivity contribution in [3.63, 3.8) is 0 Å². The molecule has 27 heavy (non-hydrogen) atoms. The molecule has 1 heterocycles. The number of fused-ring (bicyclic) bond motifs is 1. The van der Waals surface area contributed by atoms with Gasteiger partial charge in [0, 0.05) is 6.08 Å². The lowest BCUT2D eigenvalue weighted by Crippen LogP contribution is -2.21. The number of nitrogens with one attached hydrogen (secondary N) is 1. The summed E-state index contributed by atoms with van der Waals surface area (Å²) in [6, 6.07) is 9.83. The number of aromatic amines is 1. The molecule has 0 radical (unpaired) electrons. The highest BCUT2D eigenvalue weighted by atomic mass is 35.5. The minimum absolute atomic E-state index is 0.0201. The molecule has 134 valence electrons. The van der Waals surface area contributed by atoms with E-state index in [1.54, 1.807) is 25.1 Å². The zero-order chi connectivity index (χ0) is 19.7. The molecule has 0 aliphatic carbocycles. The summed E-state index contributed by atoms with van der Waals surface area (Å²) in [5.41, 5.74) is 7.02. The Kier molecular flexibility index (Phi) is 5.09. The molecule has 2 aromatic carbocycles. The summed E-state index contributed by atoms with van der Waals surface area (Å²) >= 11 is 5.87. The second kappa shape index (κ2) is 7.32. The summed E-state index contributed by atoms with van der Waals surface area (Å²) < 4.78 is 28.0. The van der Waals surface area contributed by atoms with E-state index in [9.17, 15) is 13.8 Å². The van der Waals surface area contributed by atoms with E-state index in [0.29, 0.717) is 10.9 Å². The van der Waals surface area contributed by atoms with Gasteiger partial charge in [0.15, 0.2) is 16.8 Å². The van der Waals surface area contributed by atoms with Gasteiger partial charge in [0.2, 0.25) is 5.30 Å². The first-order valence-corrected chi connectivity index (χ1v) is 9.42. The topological polar surface area (TPSA) is 99.7 Å². The van der Waals surface area contributed by atoms with Gasteiger partial charge in [0.05, 0.1) is 22.0 Å². The second-order valence-electron chi connectivity index (χ2n) is 5.86. The Hall–Kier alpha value is -3.00. The van der Waals surface area contributed by atoms with E-state index in [1.807, 2.05) is 12.1 Å². The summed E-state index contributed by atoms with van der Waals surface area (Å²) in [4.78, 5) is 14.6. The van der Waals surface area contributed by atoms with Crippen molar-refractivity contribution < 1.29 is 13.8 Å². The van der Waals surface area contributed by atoms with Gasteiger partial charge >= 0.3 is 7.80 Å². The summed E-state index contributed by atoms with van der Waals surface area (Å²) in [6.07, 6.45) is 2.87. The fraction of sp³-hybridized carbons (Fsp3) is 0.0526. The first-order valence-electron chi connectivity index (χ1n) is 7.78. The number of nitriles is 1. The summed E-state index contributed by atoms with van der Waals surface area (Å²) in [5.74, 6) is -1.62. The van der Waals surface area contributed by atoms with Crippen LogP contribution in [0.5, 0.6) is 0 Å². The lowest BCUT2D eigenvalue weighted by Gasteiger charge is -1.99. The molecule has 0 fully saturated rings. The van der Waals surface area contributed by atoms with Crippen molar-refractivity contribution in [2.45, 2.75) is 6.92 Å². The third-order valence-corrected chi connectivity index (χ3v) is 5.82. The lowest BCUT2D eigenvalue weighted by molar-refractivity contribution is 0.0997. The van der Waals surface area contributed by atoms with E-state index in [0.717, 1.165) is 5.56 Å². The Morgan fingerprint density at radius 1 is 1.37 bits per heavy atom. The molecule has 0 saturated carbocycles. The predicted octanol–water partition coefficient (Wildman–Crippen LogP) is 3.68. The number of hydrogen-bond donors (Lipinski definition) is 2. The third kappa shape index (κ3) is 3.48. The Morgan fingerprint density at radius 2 is 2.11 bits per heavy atom. The Bertz CT molecular complexity index is 1180. The predicted molar refractivity (Wildman–Crippen MR) is 104 cm³/mol. The zero-order valence-corrected chi connectivity index (χ0v) is 15.7. The molecule has 1 aromatic heterocycles. The van der Waals surface area contributed by atoms with Crippen LogP contribution in [0, 0.1) is 24.1 Å². The fourth-order valence-electron chi connectivity index (χ4n) is 2.85. The second-order valence-corrected chi connectivity index (χ2v) is 7.82. The van der Waals surface area contributed by atoms with Gasteiger partial charge in [-0.25, -0.2) is 4.39 Å². The number of nitrogens with two attached hydrogens (primary N) is 1. The van der Waals surface area contributed by atoms with Gasteiger partial charge in [0.25, 0.3) is 5.91 Å². The average molecular weight is 401 g/mol. The highest BCUT2D eigenvalue weighted by Crippen LogP contribution is 2.32. The Labute approximate surface area is 160 Å². The maximum absolute atomic E-state index is 14.7. The number of hydrogen-bond acceptors (Lipinski definition) is 3. The minimum atomic E-state index is -2.36. The zero-order valence-electron chi connectivity index (χ0n) is 14.1. The third-order valence-electron chi connectivity index (χ3n) is 3.95. The van der Waals surface area contributed by atoms with E-state index in [-0.39, 0.29) is 26.9 Å². The Morgan fingerprint density at radius 3 is 2.78 bits per heavy atom. The van der Waals surface area contributed by atoms with Crippen LogP contribution in [0.2, 0.25) is 5.02 Å². The van der Waals surface area contributed by atoms with Gasteiger partial charge in [-0.05, 0) is 48.4 Å². The first kappa shape index (κ1) is 18.8. The summed E-state index contributed by atoms with van der Waals surface area (Å²) in [6.45, 7) is 1.80. The molecule has 5 nitrogen and oxygen atoms in total. The number of benzene rings is 2. The van der Waals surface area contributed by atoms with E-state index in [2.05, 4.69) is 4.98 Å². The lowest BCUT2D eigenvalue weighted by atomic mass is 10.1. The van der Waals surface area contributed by atoms with E-state index in [1.165, 1.54) is 18.2 Å². The number of amides is 1. The fourth-order valence-corrected chi connectivity index (χ4v) is 4.65. The van der Waals surface area contributed by atoms with Gasteiger partial charge in [-0.2, -0.15) is 5.26 Å². The molecule has 3 N–H and O–H groups in total. The number of aromatic nitrogens is 1. The number of H-pyrrole nitrogens is 1. The van der Waals surface area contributed by atoms with Gasteiger partial charge in [-0.3, -0.25) is 4.79 Å². The van der Waals surface area contributed by atoms with Gasteiger partial charge in [0.1, 0.15) is 0 Å². The van der Waals surface area contributed by atoms with Gasteiger partial charge in [-0.15, -0.1) is 0 Å². The molecule has 0 saturated heterocycles. The first-order chi connectivity index (χ1) is 12.8. The molecule has 1 unspecified atom stereocenters. The van der Waals surface area contributed by atoms with Gasteiger partial charge < -0.3 is 10.7 Å². The van der Waals surface area contributed by atoms with E-state index < -0.39 is 19.5 Å². The molecule has 1 atom stereocenters. The molecule has 0 spiro atoms. The Balaban J connectivity index is 2.28. The van der Waals surface area contributed by atoms with Crippen LogP contribution in [0.4, 0.5) is 4.39 Å². The number of rotatable bonds is 4. The van der Waals surface area contributed by atoms with Crippen molar-refractivity contribution in [1.29, 1.82) is 5.26 Å². The maximum atomic E-state index is 14.7. The molecule has 0 bridgehead atoms. The minimum Gasteiger partial charge on any atom is -0.364 e. The summed E-state index contributed by atoms with van der Waals surface area (Å²) in [5, 5.41) is 8.88. The van der Waals surface area contributed by atoms with Crippen molar-refractivity contribution in [3.8, 4) is 6.07 Å². The van der Waals surface area contributed by atoms with Crippen molar-refractivity contribution in [3.05, 3.63) is 64.1 Å². The quantitative estimate of drug-likeness (QED) is 0.516. The number of halogens is 2. The number of aryl methyl sites for hydroxylation is 1. The van der Waals surface area contributed by atoms with E-state index in [4.69, 9.17) is 22.6 Å².